The van der Waals surface area contributed by atoms with Crippen LogP contribution in [0.3, 0.4) is 0 Å². The minimum absolute atomic E-state index is 0.0496. The molecular weight excluding hydrogens is 252 g/mol. The van der Waals surface area contributed by atoms with E-state index in [2.05, 4.69) is 27.1 Å². The zero-order valence-electron chi connectivity index (χ0n) is 12.8. The van der Waals surface area contributed by atoms with E-state index in [1.54, 1.807) is 6.07 Å². The lowest BCUT2D eigenvalue weighted by molar-refractivity contribution is 0.435. The number of rotatable bonds is 5. The Bertz CT molecular complexity index is 483. The van der Waals surface area contributed by atoms with Gasteiger partial charge in [0.1, 0.15) is 11.6 Å². The standard InChI is InChI=1S/C15H26N4O/c1-4-16-10-12-7-5-6-8-19(12)13-9-14(20)18-15(17-13)11(2)3/h9,11-12,16H,4-8,10H2,1-3H3,(H,17,18,20). The number of nitrogens with zero attached hydrogens (tertiary/aromatic N) is 2. The third kappa shape index (κ3) is 3.60. The fraction of sp³-hybridized carbons (Fsp3) is 0.733. The van der Waals surface area contributed by atoms with Gasteiger partial charge in [0.05, 0.1) is 0 Å². The summed E-state index contributed by atoms with van der Waals surface area (Å²) in [7, 11) is 0. The van der Waals surface area contributed by atoms with Gasteiger partial charge in [-0.2, -0.15) is 0 Å². The maximum Gasteiger partial charge on any atom is 0.252 e. The monoisotopic (exact) mass is 278 g/mol. The summed E-state index contributed by atoms with van der Waals surface area (Å²) >= 11 is 0. The minimum atomic E-state index is -0.0496. The van der Waals surface area contributed by atoms with Gasteiger partial charge in [-0.3, -0.25) is 4.79 Å². The van der Waals surface area contributed by atoms with Gasteiger partial charge in [-0.05, 0) is 25.8 Å². The van der Waals surface area contributed by atoms with Crippen molar-refractivity contribution in [3.63, 3.8) is 0 Å². The molecule has 2 N–H and O–H groups in total. The Labute approximate surface area is 120 Å². The third-order valence-corrected chi connectivity index (χ3v) is 3.84. The molecule has 5 nitrogen and oxygen atoms in total. The van der Waals surface area contributed by atoms with E-state index in [-0.39, 0.29) is 11.5 Å². The number of piperidine rings is 1. The van der Waals surface area contributed by atoms with E-state index in [4.69, 9.17) is 0 Å². The molecule has 112 valence electrons. The van der Waals surface area contributed by atoms with Crippen molar-refractivity contribution in [1.29, 1.82) is 0 Å². The molecule has 1 aliphatic heterocycles. The SMILES string of the molecule is CCNCC1CCCCN1c1cc(=O)[nH]c(C(C)C)n1. The lowest BCUT2D eigenvalue weighted by Gasteiger charge is -2.37. The van der Waals surface area contributed by atoms with Crippen LogP contribution in [0.4, 0.5) is 5.82 Å². The number of hydrogen-bond donors (Lipinski definition) is 2. The van der Waals surface area contributed by atoms with Crippen LogP contribution in [-0.2, 0) is 0 Å². The van der Waals surface area contributed by atoms with Gasteiger partial charge in [-0.1, -0.05) is 20.8 Å². The van der Waals surface area contributed by atoms with Crippen molar-refractivity contribution in [3.8, 4) is 0 Å². The highest BCUT2D eigenvalue weighted by atomic mass is 16.1. The van der Waals surface area contributed by atoms with Crippen LogP contribution in [0.1, 0.15) is 51.8 Å². The normalized spacial score (nSPS) is 19.6. The zero-order valence-corrected chi connectivity index (χ0v) is 12.8. The molecule has 0 saturated carbocycles. The van der Waals surface area contributed by atoms with E-state index in [1.807, 2.05) is 13.8 Å². The molecule has 1 atom stereocenters. The topological polar surface area (TPSA) is 61.0 Å². The molecule has 1 saturated heterocycles. The quantitative estimate of drug-likeness (QED) is 0.863. The van der Waals surface area contributed by atoms with Crippen LogP contribution in [0.15, 0.2) is 10.9 Å². The Morgan fingerprint density at radius 3 is 3.00 bits per heavy atom. The smallest absolute Gasteiger partial charge is 0.252 e. The Kier molecular flexibility index (Phi) is 5.17. The van der Waals surface area contributed by atoms with E-state index < -0.39 is 0 Å². The average molecular weight is 278 g/mol. The molecule has 0 spiro atoms. The van der Waals surface area contributed by atoms with Crippen molar-refractivity contribution >= 4 is 5.82 Å². The molecule has 0 bridgehead atoms. The average Bonchev–Trinajstić information content (AvgIpc) is 2.44. The maximum absolute atomic E-state index is 11.8. The van der Waals surface area contributed by atoms with Crippen LogP contribution < -0.4 is 15.8 Å². The number of nitrogens with one attached hydrogen (secondary N) is 2. The molecule has 1 aromatic rings. The van der Waals surface area contributed by atoms with Gasteiger partial charge in [0.2, 0.25) is 0 Å². The number of aromatic amines is 1. The highest BCUT2D eigenvalue weighted by Crippen LogP contribution is 2.22. The molecule has 2 heterocycles. The van der Waals surface area contributed by atoms with Gasteiger partial charge < -0.3 is 15.2 Å². The van der Waals surface area contributed by atoms with Crippen molar-refractivity contribution in [3.05, 3.63) is 22.2 Å². The summed E-state index contributed by atoms with van der Waals surface area (Å²) in [6, 6.07) is 2.08. The molecule has 0 radical (unpaired) electrons. The van der Waals surface area contributed by atoms with Crippen LogP contribution in [0.25, 0.3) is 0 Å². The molecule has 20 heavy (non-hydrogen) atoms. The molecule has 1 fully saturated rings. The molecule has 0 aromatic carbocycles. The van der Waals surface area contributed by atoms with E-state index in [0.717, 1.165) is 31.3 Å². The van der Waals surface area contributed by atoms with Crippen LogP contribution in [0.5, 0.6) is 0 Å². The van der Waals surface area contributed by atoms with Crippen LogP contribution in [-0.4, -0.2) is 35.6 Å². The van der Waals surface area contributed by atoms with E-state index in [1.165, 1.54) is 19.3 Å². The molecule has 1 unspecified atom stereocenters. The predicted octanol–water partition coefficient (Wildman–Crippen LogP) is 1.86. The van der Waals surface area contributed by atoms with Gasteiger partial charge in [0, 0.05) is 31.1 Å². The van der Waals surface area contributed by atoms with Gasteiger partial charge in [0.25, 0.3) is 5.56 Å². The first-order valence-electron chi connectivity index (χ1n) is 7.70. The van der Waals surface area contributed by atoms with Crippen molar-refractivity contribution in [2.24, 2.45) is 0 Å². The van der Waals surface area contributed by atoms with Crippen molar-refractivity contribution in [2.75, 3.05) is 24.5 Å². The van der Waals surface area contributed by atoms with Gasteiger partial charge in [-0.25, -0.2) is 4.98 Å². The highest BCUT2D eigenvalue weighted by Gasteiger charge is 2.24. The fourth-order valence-electron chi connectivity index (χ4n) is 2.71. The van der Waals surface area contributed by atoms with Crippen LogP contribution >= 0.6 is 0 Å². The van der Waals surface area contributed by atoms with Crippen LogP contribution in [0, 0.1) is 0 Å². The molecule has 1 aromatic heterocycles. The first kappa shape index (κ1) is 15.0. The number of likely N-dealkylation sites (N-methyl/N-ethyl adjacent to an activating group) is 1. The number of H-pyrrole nitrogens is 1. The molecular formula is C15H26N4O. The minimum Gasteiger partial charge on any atom is -0.352 e. The van der Waals surface area contributed by atoms with Gasteiger partial charge >= 0.3 is 0 Å². The molecule has 5 heteroatoms. The molecule has 0 aliphatic carbocycles. The number of anilines is 1. The Hall–Kier alpha value is -1.36. The molecule has 2 rings (SSSR count). The first-order valence-corrected chi connectivity index (χ1v) is 7.70. The zero-order chi connectivity index (χ0) is 14.5. The summed E-state index contributed by atoms with van der Waals surface area (Å²) in [5.41, 5.74) is -0.0496. The third-order valence-electron chi connectivity index (χ3n) is 3.84. The Balaban J connectivity index is 2.25. The predicted molar refractivity (Wildman–Crippen MR) is 82.5 cm³/mol. The Morgan fingerprint density at radius 2 is 2.30 bits per heavy atom. The van der Waals surface area contributed by atoms with E-state index in [0.29, 0.717) is 6.04 Å². The van der Waals surface area contributed by atoms with E-state index in [9.17, 15) is 4.79 Å². The summed E-state index contributed by atoms with van der Waals surface area (Å²) in [6.07, 6.45) is 3.60. The lowest BCUT2D eigenvalue weighted by atomic mass is 10.0. The summed E-state index contributed by atoms with van der Waals surface area (Å²) in [5, 5.41) is 3.41. The number of hydrogen-bond acceptors (Lipinski definition) is 4. The second kappa shape index (κ2) is 6.88. The van der Waals surface area contributed by atoms with E-state index >= 15 is 0 Å². The van der Waals surface area contributed by atoms with Crippen LogP contribution in [0.2, 0.25) is 0 Å². The first-order chi connectivity index (χ1) is 9.61. The summed E-state index contributed by atoms with van der Waals surface area (Å²) in [6.45, 7) is 9.15. The Morgan fingerprint density at radius 1 is 1.50 bits per heavy atom. The van der Waals surface area contributed by atoms with Gasteiger partial charge in [-0.15, -0.1) is 0 Å². The molecule has 0 amide bonds. The fourth-order valence-corrected chi connectivity index (χ4v) is 2.71. The lowest BCUT2D eigenvalue weighted by Crippen LogP contribution is -2.46. The second-order valence-corrected chi connectivity index (χ2v) is 5.79. The van der Waals surface area contributed by atoms with Crippen molar-refractivity contribution < 1.29 is 0 Å². The van der Waals surface area contributed by atoms with Crippen molar-refractivity contribution in [1.82, 2.24) is 15.3 Å². The second-order valence-electron chi connectivity index (χ2n) is 5.79. The summed E-state index contributed by atoms with van der Waals surface area (Å²) in [5.74, 6) is 1.85. The molecule has 1 aliphatic rings. The maximum atomic E-state index is 11.8. The summed E-state index contributed by atoms with van der Waals surface area (Å²) in [4.78, 5) is 21.6. The largest absolute Gasteiger partial charge is 0.352 e. The van der Waals surface area contributed by atoms with Gasteiger partial charge in [0.15, 0.2) is 0 Å². The number of aromatic nitrogens is 2. The summed E-state index contributed by atoms with van der Waals surface area (Å²) < 4.78 is 0. The van der Waals surface area contributed by atoms with Crippen molar-refractivity contribution in [2.45, 2.75) is 52.0 Å². The highest BCUT2D eigenvalue weighted by molar-refractivity contribution is 5.40.